The fourth-order valence-corrected chi connectivity index (χ4v) is 5.14. The first-order valence-corrected chi connectivity index (χ1v) is 13.1. The lowest BCUT2D eigenvalue weighted by Gasteiger charge is -2.37. The molecule has 1 heterocycles. The Hall–Kier alpha value is -2.00. The predicted molar refractivity (Wildman–Crippen MR) is 144 cm³/mol. The van der Waals surface area contributed by atoms with E-state index in [2.05, 4.69) is 109 Å². The summed E-state index contributed by atoms with van der Waals surface area (Å²) >= 11 is 0. The lowest BCUT2D eigenvalue weighted by molar-refractivity contribution is 0.0628. The van der Waals surface area contributed by atoms with Gasteiger partial charge in [-0.15, -0.1) is 0 Å². The molecular formula is C30H46N2O. The molecule has 1 aliphatic heterocycles. The Morgan fingerprint density at radius 3 is 1.27 bits per heavy atom. The molecule has 2 aromatic rings. The Morgan fingerprint density at radius 1 is 0.667 bits per heavy atom. The summed E-state index contributed by atoms with van der Waals surface area (Å²) in [6, 6.07) is 13.7. The van der Waals surface area contributed by atoms with Crippen LogP contribution in [0.1, 0.15) is 115 Å². The fraction of sp³-hybridized carbons (Fsp3) is 0.600. The molecule has 3 heteroatoms. The second-order valence-corrected chi connectivity index (χ2v) is 10.8. The van der Waals surface area contributed by atoms with Crippen LogP contribution in [0, 0.1) is 0 Å². The van der Waals surface area contributed by atoms with Gasteiger partial charge < -0.3 is 14.5 Å². The van der Waals surface area contributed by atoms with Crippen molar-refractivity contribution in [1.82, 2.24) is 0 Å². The lowest BCUT2D eigenvalue weighted by atomic mass is 9.91. The van der Waals surface area contributed by atoms with Gasteiger partial charge in [0.25, 0.3) is 0 Å². The van der Waals surface area contributed by atoms with Gasteiger partial charge in [0, 0.05) is 24.5 Å². The number of benzene rings is 2. The summed E-state index contributed by atoms with van der Waals surface area (Å²) < 4.78 is 6.68. The zero-order valence-corrected chi connectivity index (χ0v) is 22.5. The molecule has 0 amide bonds. The van der Waals surface area contributed by atoms with Gasteiger partial charge in [0.2, 0.25) is 6.35 Å². The monoisotopic (exact) mass is 450 g/mol. The molecular weight excluding hydrogens is 404 g/mol. The van der Waals surface area contributed by atoms with Crippen LogP contribution in [-0.4, -0.2) is 26.0 Å². The zero-order chi connectivity index (χ0) is 24.3. The molecule has 0 radical (unpaired) electrons. The van der Waals surface area contributed by atoms with E-state index in [9.17, 15) is 0 Å². The quantitative estimate of drug-likeness (QED) is 0.383. The van der Waals surface area contributed by atoms with Crippen molar-refractivity contribution >= 4 is 11.4 Å². The first-order chi connectivity index (χ1) is 15.7. The third-order valence-electron chi connectivity index (χ3n) is 6.85. The lowest BCUT2D eigenvalue weighted by Crippen LogP contribution is -2.43. The Balaban J connectivity index is 2.18. The van der Waals surface area contributed by atoms with Crippen molar-refractivity contribution in [3.05, 3.63) is 58.7 Å². The van der Waals surface area contributed by atoms with Crippen molar-refractivity contribution in [1.29, 1.82) is 0 Å². The molecule has 0 unspecified atom stereocenters. The standard InChI is InChI=1S/C30H46N2O/c1-10-19-33-30-31(28-24(20(2)3)13-11-14-25(28)21(4)5)17-18-32(30)29-26(22(6)7)15-12-16-27(29)23(8)9/h11-16,20-23,30H,10,17-19H2,1-9H3. The minimum absolute atomic E-state index is 0.0836. The minimum atomic E-state index is -0.0836. The maximum atomic E-state index is 6.68. The van der Waals surface area contributed by atoms with E-state index in [1.165, 1.54) is 33.6 Å². The van der Waals surface area contributed by atoms with E-state index in [4.69, 9.17) is 4.74 Å². The number of nitrogens with zero attached hydrogens (tertiary/aromatic N) is 2. The molecule has 33 heavy (non-hydrogen) atoms. The van der Waals surface area contributed by atoms with Crippen LogP contribution in [0.25, 0.3) is 0 Å². The molecule has 182 valence electrons. The van der Waals surface area contributed by atoms with Crippen LogP contribution >= 0.6 is 0 Å². The van der Waals surface area contributed by atoms with Crippen LogP contribution in [-0.2, 0) is 4.74 Å². The van der Waals surface area contributed by atoms with Crippen molar-refractivity contribution in [3.8, 4) is 0 Å². The number of hydrogen-bond acceptors (Lipinski definition) is 3. The average Bonchev–Trinajstić information content (AvgIpc) is 3.19. The molecule has 2 aromatic carbocycles. The van der Waals surface area contributed by atoms with E-state index in [0.29, 0.717) is 23.7 Å². The molecule has 1 aliphatic rings. The van der Waals surface area contributed by atoms with E-state index in [1.54, 1.807) is 0 Å². The number of para-hydroxylation sites is 2. The minimum Gasteiger partial charge on any atom is -0.340 e. The number of rotatable bonds is 9. The summed E-state index contributed by atoms with van der Waals surface area (Å²) in [5.74, 6) is 1.87. The molecule has 0 bridgehead atoms. The van der Waals surface area contributed by atoms with Crippen LogP contribution in [0.2, 0.25) is 0 Å². The number of ether oxygens (including phenoxy) is 1. The summed E-state index contributed by atoms with van der Waals surface area (Å²) in [4.78, 5) is 5.11. The van der Waals surface area contributed by atoms with Crippen LogP contribution in [0.4, 0.5) is 11.4 Å². The summed E-state index contributed by atoms with van der Waals surface area (Å²) in [5.41, 5.74) is 8.48. The largest absolute Gasteiger partial charge is 0.340 e. The van der Waals surface area contributed by atoms with E-state index < -0.39 is 0 Å². The summed E-state index contributed by atoms with van der Waals surface area (Å²) in [5, 5.41) is 0. The molecule has 0 atom stereocenters. The molecule has 0 aliphatic carbocycles. The molecule has 0 aromatic heterocycles. The van der Waals surface area contributed by atoms with Gasteiger partial charge in [0.1, 0.15) is 0 Å². The van der Waals surface area contributed by atoms with Gasteiger partial charge >= 0.3 is 0 Å². The van der Waals surface area contributed by atoms with Crippen LogP contribution in [0.15, 0.2) is 36.4 Å². The summed E-state index contributed by atoms with van der Waals surface area (Å²) in [6.45, 7) is 23.4. The molecule has 1 saturated heterocycles. The molecule has 1 fully saturated rings. The van der Waals surface area contributed by atoms with Crippen molar-refractivity contribution in [3.63, 3.8) is 0 Å². The van der Waals surface area contributed by atoms with Gasteiger partial charge in [-0.1, -0.05) is 98.7 Å². The topological polar surface area (TPSA) is 15.7 Å². The van der Waals surface area contributed by atoms with Gasteiger partial charge in [-0.3, -0.25) is 0 Å². The second kappa shape index (κ2) is 11.0. The summed E-state index contributed by atoms with van der Waals surface area (Å²) in [7, 11) is 0. The highest BCUT2D eigenvalue weighted by Crippen LogP contribution is 2.43. The van der Waals surface area contributed by atoms with Crippen LogP contribution < -0.4 is 9.80 Å². The van der Waals surface area contributed by atoms with Gasteiger partial charge in [0.05, 0.1) is 6.61 Å². The molecule has 0 saturated carbocycles. The summed E-state index contributed by atoms with van der Waals surface area (Å²) in [6.07, 6.45) is 0.934. The van der Waals surface area contributed by atoms with E-state index in [0.717, 1.165) is 26.1 Å². The normalized spacial score (nSPS) is 15.2. The third-order valence-corrected chi connectivity index (χ3v) is 6.85. The Kier molecular flexibility index (Phi) is 8.50. The second-order valence-electron chi connectivity index (χ2n) is 10.8. The third kappa shape index (κ3) is 5.24. The number of anilines is 2. The van der Waals surface area contributed by atoms with Crippen molar-refractivity contribution in [2.75, 3.05) is 29.5 Å². The molecule has 3 nitrogen and oxygen atoms in total. The van der Waals surface area contributed by atoms with Crippen molar-refractivity contribution < 1.29 is 4.74 Å². The smallest absolute Gasteiger partial charge is 0.210 e. The van der Waals surface area contributed by atoms with Crippen LogP contribution in [0.3, 0.4) is 0 Å². The molecule has 0 N–H and O–H groups in total. The van der Waals surface area contributed by atoms with E-state index in [-0.39, 0.29) is 6.35 Å². The SMILES string of the molecule is CCCOC1N(c2c(C(C)C)cccc2C(C)C)CCN1c1c(C(C)C)cccc1C(C)C. The first-order valence-electron chi connectivity index (χ1n) is 13.1. The first kappa shape index (κ1) is 25.6. The van der Waals surface area contributed by atoms with E-state index >= 15 is 0 Å². The van der Waals surface area contributed by atoms with Gasteiger partial charge in [-0.2, -0.15) is 0 Å². The molecule has 3 rings (SSSR count). The van der Waals surface area contributed by atoms with Crippen LogP contribution in [0.5, 0.6) is 0 Å². The van der Waals surface area contributed by atoms with Crippen molar-refractivity contribution in [2.45, 2.75) is 98.8 Å². The van der Waals surface area contributed by atoms with Crippen molar-refractivity contribution in [2.24, 2.45) is 0 Å². The predicted octanol–water partition coefficient (Wildman–Crippen LogP) is 8.22. The Bertz CT molecular complexity index is 792. The molecule has 0 spiro atoms. The number of hydrogen-bond donors (Lipinski definition) is 0. The van der Waals surface area contributed by atoms with Gasteiger partial charge in [-0.05, 0) is 52.3 Å². The Morgan fingerprint density at radius 2 is 1.00 bits per heavy atom. The van der Waals surface area contributed by atoms with E-state index in [1.807, 2.05) is 0 Å². The maximum Gasteiger partial charge on any atom is 0.210 e. The maximum absolute atomic E-state index is 6.68. The average molecular weight is 451 g/mol. The zero-order valence-electron chi connectivity index (χ0n) is 22.5. The van der Waals surface area contributed by atoms with Gasteiger partial charge in [0.15, 0.2) is 0 Å². The fourth-order valence-electron chi connectivity index (χ4n) is 5.14. The Labute approximate surface area is 203 Å². The highest BCUT2D eigenvalue weighted by atomic mass is 16.5. The highest BCUT2D eigenvalue weighted by Gasteiger charge is 2.38. The highest BCUT2D eigenvalue weighted by molar-refractivity contribution is 5.68. The van der Waals surface area contributed by atoms with Gasteiger partial charge in [-0.25, -0.2) is 0 Å².